The van der Waals surface area contributed by atoms with Gasteiger partial charge in [0.15, 0.2) is 5.65 Å². The summed E-state index contributed by atoms with van der Waals surface area (Å²) in [7, 11) is 1.58. The van der Waals surface area contributed by atoms with Gasteiger partial charge in [-0.25, -0.2) is 9.50 Å². The standard InChI is InChI=1S/C21H24N4O4/c1-28-18-5-3-2-4-15(18)10-20(26)22-13-16-11-21(27)25-19(23-16)12-17(24-25)14-6-8-29-9-7-14/h2-5,11-12,14,24H,6-10,13H2,1H3,(H,22,26). The fraction of sp³-hybridized carbons (Fsp3) is 0.381. The van der Waals surface area contributed by atoms with Gasteiger partial charge in [0.05, 0.1) is 25.8 Å². The molecule has 1 saturated heterocycles. The molecular weight excluding hydrogens is 372 g/mol. The molecule has 0 aliphatic carbocycles. The molecular formula is C21H24N4O4. The van der Waals surface area contributed by atoms with Crippen molar-refractivity contribution in [1.82, 2.24) is 19.9 Å². The number of benzene rings is 1. The predicted octanol–water partition coefficient (Wildman–Crippen LogP) is 1.78. The maximum Gasteiger partial charge on any atom is 0.272 e. The zero-order valence-electron chi connectivity index (χ0n) is 16.3. The van der Waals surface area contributed by atoms with E-state index >= 15 is 0 Å². The number of amides is 1. The summed E-state index contributed by atoms with van der Waals surface area (Å²) < 4.78 is 12.1. The van der Waals surface area contributed by atoms with Crippen molar-refractivity contribution in [3.63, 3.8) is 0 Å². The lowest BCUT2D eigenvalue weighted by Gasteiger charge is -2.20. The van der Waals surface area contributed by atoms with Gasteiger partial charge in [0.1, 0.15) is 5.75 Å². The van der Waals surface area contributed by atoms with E-state index in [1.807, 2.05) is 30.3 Å². The van der Waals surface area contributed by atoms with Gasteiger partial charge in [0, 0.05) is 42.5 Å². The van der Waals surface area contributed by atoms with Gasteiger partial charge in [-0.05, 0) is 18.9 Å². The van der Waals surface area contributed by atoms with E-state index in [9.17, 15) is 9.59 Å². The molecule has 4 rings (SSSR count). The maximum absolute atomic E-state index is 12.5. The highest BCUT2D eigenvalue weighted by atomic mass is 16.5. The van der Waals surface area contributed by atoms with Crippen LogP contribution in [0, 0.1) is 0 Å². The summed E-state index contributed by atoms with van der Waals surface area (Å²) in [6.07, 6.45) is 2.05. The molecule has 8 nitrogen and oxygen atoms in total. The second kappa shape index (κ2) is 8.48. The van der Waals surface area contributed by atoms with Crippen LogP contribution in [0.15, 0.2) is 41.2 Å². The van der Waals surface area contributed by atoms with Crippen LogP contribution in [-0.2, 0) is 22.5 Å². The second-order valence-electron chi connectivity index (χ2n) is 7.14. The minimum atomic E-state index is -0.192. The van der Waals surface area contributed by atoms with E-state index < -0.39 is 0 Å². The summed E-state index contributed by atoms with van der Waals surface area (Å²) in [6, 6.07) is 10.8. The molecule has 3 heterocycles. The Hall–Kier alpha value is -3.13. The van der Waals surface area contributed by atoms with Gasteiger partial charge in [-0.3, -0.25) is 14.7 Å². The number of carbonyl (C=O) groups is 1. The Kier molecular flexibility index (Phi) is 5.62. The number of aromatic nitrogens is 3. The van der Waals surface area contributed by atoms with E-state index in [0.29, 0.717) is 23.0 Å². The van der Waals surface area contributed by atoms with Gasteiger partial charge < -0.3 is 14.8 Å². The van der Waals surface area contributed by atoms with Crippen LogP contribution < -0.4 is 15.6 Å². The molecule has 3 aromatic rings. The molecule has 0 atom stereocenters. The first-order chi connectivity index (χ1) is 14.1. The number of hydrogen-bond acceptors (Lipinski definition) is 5. The molecule has 2 aromatic heterocycles. The number of hydrogen-bond donors (Lipinski definition) is 2. The van der Waals surface area contributed by atoms with Crippen molar-refractivity contribution in [2.24, 2.45) is 0 Å². The van der Waals surface area contributed by atoms with E-state index in [1.165, 1.54) is 10.6 Å². The maximum atomic E-state index is 12.5. The Morgan fingerprint density at radius 3 is 2.90 bits per heavy atom. The highest BCUT2D eigenvalue weighted by molar-refractivity contribution is 5.79. The molecule has 152 valence electrons. The molecule has 0 saturated carbocycles. The van der Waals surface area contributed by atoms with Crippen LogP contribution >= 0.6 is 0 Å². The van der Waals surface area contributed by atoms with Crippen LogP contribution in [0.2, 0.25) is 0 Å². The van der Waals surface area contributed by atoms with Crippen molar-refractivity contribution in [1.29, 1.82) is 0 Å². The number of aromatic amines is 1. The number of rotatable bonds is 6. The predicted molar refractivity (Wildman–Crippen MR) is 107 cm³/mol. The first-order valence-electron chi connectivity index (χ1n) is 9.72. The fourth-order valence-corrected chi connectivity index (χ4v) is 3.64. The number of fused-ring (bicyclic) bond motifs is 1. The number of nitrogens with zero attached hydrogens (tertiary/aromatic N) is 2. The van der Waals surface area contributed by atoms with Crippen LogP contribution in [0.4, 0.5) is 0 Å². The zero-order valence-corrected chi connectivity index (χ0v) is 16.3. The van der Waals surface area contributed by atoms with Crippen molar-refractivity contribution in [2.45, 2.75) is 31.7 Å². The minimum Gasteiger partial charge on any atom is -0.496 e. The van der Waals surface area contributed by atoms with E-state index in [1.54, 1.807) is 7.11 Å². The van der Waals surface area contributed by atoms with E-state index in [4.69, 9.17) is 9.47 Å². The summed E-state index contributed by atoms with van der Waals surface area (Å²) in [5.74, 6) is 0.857. The third kappa shape index (κ3) is 4.32. The Bertz CT molecular complexity index is 1070. The van der Waals surface area contributed by atoms with E-state index in [0.717, 1.165) is 37.3 Å². The summed E-state index contributed by atoms with van der Waals surface area (Å²) in [4.78, 5) is 29.3. The largest absolute Gasteiger partial charge is 0.496 e. The highest BCUT2D eigenvalue weighted by Gasteiger charge is 2.19. The quantitative estimate of drug-likeness (QED) is 0.662. The van der Waals surface area contributed by atoms with Crippen LogP contribution in [0.25, 0.3) is 5.65 Å². The fourth-order valence-electron chi connectivity index (χ4n) is 3.64. The minimum absolute atomic E-state index is 0.159. The molecule has 1 amide bonds. The van der Waals surface area contributed by atoms with Crippen molar-refractivity contribution >= 4 is 11.6 Å². The third-order valence-corrected chi connectivity index (χ3v) is 5.19. The summed E-state index contributed by atoms with van der Waals surface area (Å²) in [5.41, 5.74) is 2.70. The third-order valence-electron chi connectivity index (χ3n) is 5.19. The molecule has 2 N–H and O–H groups in total. The topological polar surface area (TPSA) is 97.7 Å². The molecule has 0 spiro atoms. The Morgan fingerprint density at radius 1 is 1.31 bits per heavy atom. The molecule has 1 aliphatic rings. The molecule has 1 fully saturated rings. The summed E-state index contributed by atoms with van der Waals surface area (Å²) in [5, 5.41) is 5.98. The van der Waals surface area contributed by atoms with Gasteiger partial charge in [-0.15, -0.1) is 0 Å². The first kappa shape index (κ1) is 19.2. The van der Waals surface area contributed by atoms with Crippen molar-refractivity contribution in [2.75, 3.05) is 20.3 Å². The molecule has 1 aliphatic heterocycles. The first-order valence-corrected chi connectivity index (χ1v) is 9.72. The number of para-hydroxylation sites is 1. The van der Waals surface area contributed by atoms with E-state index in [-0.39, 0.29) is 24.4 Å². The SMILES string of the molecule is COc1ccccc1CC(=O)NCc1cc(=O)n2[nH]c(C3CCOCC3)cc2n1. The highest BCUT2D eigenvalue weighted by Crippen LogP contribution is 2.26. The van der Waals surface area contributed by atoms with E-state index in [2.05, 4.69) is 15.4 Å². The summed E-state index contributed by atoms with van der Waals surface area (Å²) in [6.45, 7) is 1.65. The lowest BCUT2D eigenvalue weighted by Crippen LogP contribution is -2.26. The van der Waals surface area contributed by atoms with Crippen molar-refractivity contribution in [3.05, 3.63) is 63.7 Å². The molecule has 29 heavy (non-hydrogen) atoms. The number of nitrogens with one attached hydrogen (secondary N) is 2. The van der Waals surface area contributed by atoms with Crippen molar-refractivity contribution < 1.29 is 14.3 Å². The number of carbonyl (C=O) groups excluding carboxylic acids is 1. The average Bonchev–Trinajstić information content (AvgIpc) is 3.18. The Balaban J connectivity index is 1.45. The number of methoxy groups -OCH3 is 1. The Labute approximate surface area is 167 Å². The van der Waals surface area contributed by atoms with Crippen LogP contribution in [0.5, 0.6) is 5.75 Å². The Morgan fingerprint density at radius 2 is 2.10 bits per heavy atom. The van der Waals surface area contributed by atoms with Gasteiger partial charge in [0.2, 0.25) is 5.91 Å². The van der Waals surface area contributed by atoms with Gasteiger partial charge in [-0.2, -0.15) is 0 Å². The lowest BCUT2D eigenvalue weighted by atomic mass is 9.97. The number of ether oxygens (including phenoxy) is 2. The molecule has 0 radical (unpaired) electrons. The van der Waals surface area contributed by atoms with Gasteiger partial charge >= 0.3 is 0 Å². The van der Waals surface area contributed by atoms with Crippen LogP contribution in [0.1, 0.15) is 35.7 Å². The monoisotopic (exact) mass is 396 g/mol. The molecule has 0 unspecified atom stereocenters. The van der Waals surface area contributed by atoms with Gasteiger partial charge in [-0.1, -0.05) is 18.2 Å². The van der Waals surface area contributed by atoms with Crippen LogP contribution in [-0.4, -0.2) is 40.8 Å². The second-order valence-corrected chi connectivity index (χ2v) is 7.14. The lowest BCUT2D eigenvalue weighted by molar-refractivity contribution is -0.120. The average molecular weight is 396 g/mol. The smallest absolute Gasteiger partial charge is 0.272 e. The molecule has 1 aromatic carbocycles. The zero-order chi connectivity index (χ0) is 20.2. The molecule has 0 bridgehead atoms. The summed E-state index contributed by atoms with van der Waals surface area (Å²) >= 11 is 0. The van der Waals surface area contributed by atoms with Crippen molar-refractivity contribution in [3.8, 4) is 5.75 Å². The van der Waals surface area contributed by atoms with Crippen LogP contribution in [0.3, 0.4) is 0 Å². The number of H-pyrrole nitrogens is 1. The van der Waals surface area contributed by atoms with Gasteiger partial charge in [0.25, 0.3) is 5.56 Å². The molecule has 8 heteroatoms. The normalized spacial score (nSPS) is 14.8.